The quantitative estimate of drug-likeness (QED) is 0.690. The van der Waals surface area contributed by atoms with E-state index < -0.39 is 0 Å². The van der Waals surface area contributed by atoms with Gasteiger partial charge < -0.3 is 14.7 Å². The molecule has 0 radical (unpaired) electrons. The van der Waals surface area contributed by atoms with E-state index in [2.05, 4.69) is 18.1 Å². The Hall–Kier alpha value is 0.230. The van der Waals surface area contributed by atoms with E-state index >= 15 is 0 Å². The fraction of sp³-hybridized carbons (Fsp3) is 1.00. The van der Waals surface area contributed by atoms with Gasteiger partial charge in [-0.2, -0.15) is 11.8 Å². The number of hydrogen-bond acceptors (Lipinski definition) is 4. The zero-order chi connectivity index (χ0) is 13.2. The number of unbranched alkanes of at least 4 members (excludes halogenated alkanes) is 1. The van der Waals surface area contributed by atoms with Crippen molar-refractivity contribution in [1.29, 1.82) is 0 Å². The minimum atomic E-state index is -0.326. The molecule has 0 bridgehead atoms. The van der Waals surface area contributed by atoms with E-state index in [1.54, 1.807) is 0 Å². The molecule has 0 saturated carbocycles. The van der Waals surface area contributed by atoms with Gasteiger partial charge in [0, 0.05) is 18.4 Å². The molecule has 0 aromatic rings. The Morgan fingerprint density at radius 1 is 1.39 bits per heavy atom. The van der Waals surface area contributed by atoms with Crippen LogP contribution in [0.4, 0.5) is 0 Å². The van der Waals surface area contributed by atoms with Crippen molar-refractivity contribution in [3.63, 3.8) is 0 Å². The molecule has 4 heteroatoms. The summed E-state index contributed by atoms with van der Waals surface area (Å²) in [7, 11) is 0. The standard InChI is InChI=1S/C14H29NO2S/c1-3-4-10-17-12-13(16)11-15-8-5-6-14(18-2)7-9-15/h13-14,16H,3-12H2,1-2H3. The molecule has 3 nitrogen and oxygen atoms in total. The Labute approximate surface area is 116 Å². The van der Waals surface area contributed by atoms with E-state index in [9.17, 15) is 5.11 Å². The van der Waals surface area contributed by atoms with Crippen LogP contribution < -0.4 is 0 Å². The third kappa shape index (κ3) is 6.98. The zero-order valence-corrected chi connectivity index (χ0v) is 12.8. The highest BCUT2D eigenvalue weighted by Crippen LogP contribution is 2.21. The monoisotopic (exact) mass is 275 g/mol. The lowest BCUT2D eigenvalue weighted by atomic mass is 10.2. The number of nitrogens with zero attached hydrogens (tertiary/aromatic N) is 1. The molecule has 1 aliphatic rings. The molecule has 2 unspecified atom stereocenters. The lowest BCUT2D eigenvalue weighted by Gasteiger charge is -2.23. The Morgan fingerprint density at radius 2 is 2.22 bits per heavy atom. The van der Waals surface area contributed by atoms with Crippen molar-refractivity contribution < 1.29 is 9.84 Å². The summed E-state index contributed by atoms with van der Waals surface area (Å²) in [5, 5.41) is 10.8. The molecular formula is C14H29NO2S. The van der Waals surface area contributed by atoms with Crippen LogP contribution in [0.5, 0.6) is 0 Å². The summed E-state index contributed by atoms with van der Waals surface area (Å²) >= 11 is 1.99. The van der Waals surface area contributed by atoms with Gasteiger partial charge in [0.05, 0.1) is 12.7 Å². The van der Waals surface area contributed by atoms with Gasteiger partial charge in [-0.1, -0.05) is 13.3 Å². The Morgan fingerprint density at radius 3 is 2.94 bits per heavy atom. The van der Waals surface area contributed by atoms with E-state index in [-0.39, 0.29) is 6.10 Å². The Bertz CT molecular complexity index is 204. The van der Waals surface area contributed by atoms with Crippen LogP contribution in [0.25, 0.3) is 0 Å². The molecule has 1 rings (SSSR count). The molecular weight excluding hydrogens is 246 g/mol. The van der Waals surface area contributed by atoms with Crippen LogP contribution >= 0.6 is 11.8 Å². The third-order valence-corrected chi connectivity index (χ3v) is 4.66. The van der Waals surface area contributed by atoms with E-state index in [0.29, 0.717) is 6.61 Å². The summed E-state index contributed by atoms with van der Waals surface area (Å²) in [5.74, 6) is 0. The van der Waals surface area contributed by atoms with Gasteiger partial charge in [-0.05, 0) is 45.0 Å². The molecule has 0 aromatic heterocycles. The number of β-amino-alcohol motifs (C(OH)–C–C–N with tert-alkyl or cyclic N) is 1. The lowest BCUT2D eigenvalue weighted by molar-refractivity contribution is 0.0164. The molecule has 1 N–H and O–H groups in total. The summed E-state index contributed by atoms with van der Waals surface area (Å²) in [4.78, 5) is 2.39. The first kappa shape index (κ1) is 16.3. The number of aliphatic hydroxyl groups excluding tert-OH is 1. The maximum absolute atomic E-state index is 9.94. The topological polar surface area (TPSA) is 32.7 Å². The maximum atomic E-state index is 9.94. The molecule has 0 amide bonds. The highest BCUT2D eigenvalue weighted by Gasteiger charge is 2.18. The van der Waals surface area contributed by atoms with Gasteiger partial charge in [0.1, 0.15) is 0 Å². The Balaban J connectivity index is 2.12. The van der Waals surface area contributed by atoms with Gasteiger partial charge in [-0.3, -0.25) is 0 Å². The normalized spacial score (nSPS) is 23.8. The van der Waals surface area contributed by atoms with Crippen molar-refractivity contribution in [3.05, 3.63) is 0 Å². The van der Waals surface area contributed by atoms with E-state index in [1.165, 1.54) is 19.3 Å². The first-order valence-corrected chi connectivity index (χ1v) is 8.56. The molecule has 2 atom stereocenters. The number of rotatable bonds is 8. The summed E-state index contributed by atoms with van der Waals surface area (Å²) in [6.45, 7) is 6.44. The number of ether oxygens (including phenoxy) is 1. The fourth-order valence-electron chi connectivity index (χ4n) is 2.36. The highest BCUT2D eigenvalue weighted by atomic mass is 32.2. The van der Waals surface area contributed by atoms with Crippen LogP contribution in [0.3, 0.4) is 0 Å². The molecule has 1 heterocycles. The van der Waals surface area contributed by atoms with Crippen molar-refractivity contribution in [1.82, 2.24) is 4.90 Å². The average Bonchev–Trinajstić information content (AvgIpc) is 2.60. The zero-order valence-electron chi connectivity index (χ0n) is 11.9. The summed E-state index contributed by atoms with van der Waals surface area (Å²) in [5.41, 5.74) is 0. The predicted octanol–water partition coefficient (Wildman–Crippen LogP) is 2.38. The smallest absolute Gasteiger partial charge is 0.0900 e. The number of likely N-dealkylation sites (tertiary alicyclic amines) is 1. The van der Waals surface area contributed by atoms with Crippen LogP contribution in [0.15, 0.2) is 0 Å². The van der Waals surface area contributed by atoms with Crippen molar-refractivity contribution >= 4 is 11.8 Å². The van der Waals surface area contributed by atoms with Crippen molar-refractivity contribution in [2.24, 2.45) is 0 Å². The van der Waals surface area contributed by atoms with Crippen LogP contribution in [-0.4, -0.2) is 60.5 Å². The second kappa shape index (κ2) is 10.1. The second-order valence-corrected chi connectivity index (χ2v) is 6.31. The first-order valence-electron chi connectivity index (χ1n) is 7.27. The minimum absolute atomic E-state index is 0.326. The molecule has 0 aromatic carbocycles. The number of aliphatic hydroxyl groups is 1. The molecule has 1 fully saturated rings. The third-order valence-electron chi connectivity index (χ3n) is 3.52. The summed E-state index contributed by atoms with van der Waals surface area (Å²) < 4.78 is 5.47. The van der Waals surface area contributed by atoms with Crippen LogP contribution in [-0.2, 0) is 4.74 Å². The largest absolute Gasteiger partial charge is 0.389 e. The summed E-state index contributed by atoms with van der Waals surface area (Å²) in [6, 6.07) is 0. The minimum Gasteiger partial charge on any atom is -0.389 e. The molecule has 1 saturated heterocycles. The second-order valence-electron chi connectivity index (χ2n) is 5.17. The fourth-order valence-corrected chi connectivity index (χ4v) is 3.10. The average molecular weight is 275 g/mol. The van der Waals surface area contributed by atoms with Gasteiger partial charge in [0.15, 0.2) is 0 Å². The highest BCUT2D eigenvalue weighted by molar-refractivity contribution is 7.99. The SMILES string of the molecule is CCCCOCC(O)CN1CCCC(SC)CC1. The summed E-state index contributed by atoms with van der Waals surface area (Å²) in [6.07, 6.45) is 7.95. The van der Waals surface area contributed by atoms with Gasteiger partial charge >= 0.3 is 0 Å². The van der Waals surface area contributed by atoms with Crippen LogP contribution in [0, 0.1) is 0 Å². The first-order chi connectivity index (χ1) is 8.76. The van der Waals surface area contributed by atoms with Gasteiger partial charge in [-0.25, -0.2) is 0 Å². The van der Waals surface area contributed by atoms with Crippen LogP contribution in [0.2, 0.25) is 0 Å². The van der Waals surface area contributed by atoms with E-state index in [0.717, 1.165) is 44.3 Å². The molecule has 0 aliphatic carbocycles. The molecule has 0 spiro atoms. The predicted molar refractivity (Wildman–Crippen MR) is 79.3 cm³/mol. The Kier molecular flexibility index (Phi) is 9.11. The van der Waals surface area contributed by atoms with Gasteiger partial charge in [-0.15, -0.1) is 0 Å². The molecule has 18 heavy (non-hydrogen) atoms. The number of thioether (sulfide) groups is 1. The van der Waals surface area contributed by atoms with E-state index in [4.69, 9.17) is 4.74 Å². The van der Waals surface area contributed by atoms with Crippen molar-refractivity contribution in [2.45, 2.75) is 50.4 Å². The number of hydrogen-bond donors (Lipinski definition) is 1. The van der Waals surface area contributed by atoms with Crippen molar-refractivity contribution in [3.8, 4) is 0 Å². The molecule has 108 valence electrons. The van der Waals surface area contributed by atoms with Gasteiger partial charge in [0.25, 0.3) is 0 Å². The van der Waals surface area contributed by atoms with Gasteiger partial charge in [0.2, 0.25) is 0 Å². The van der Waals surface area contributed by atoms with Crippen LogP contribution in [0.1, 0.15) is 39.0 Å². The lowest BCUT2D eigenvalue weighted by Crippen LogP contribution is -2.35. The van der Waals surface area contributed by atoms with E-state index in [1.807, 2.05) is 11.8 Å². The maximum Gasteiger partial charge on any atom is 0.0900 e. The molecule has 1 aliphatic heterocycles. The van der Waals surface area contributed by atoms with Crippen molar-refractivity contribution in [2.75, 3.05) is 39.1 Å².